The van der Waals surface area contributed by atoms with Crippen molar-refractivity contribution in [2.45, 2.75) is 39.3 Å². The summed E-state index contributed by atoms with van der Waals surface area (Å²) in [5.41, 5.74) is 3.02. The van der Waals surface area contributed by atoms with Crippen molar-refractivity contribution in [3.8, 4) is 6.07 Å². The Morgan fingerprint density at radius 3 is 2.65 bits per heavy atom. The van der Waals surface area contributed by atoms with Crippen LogP contribution >= 0.6 is 0 Å². The van der Waals surface area contributed by atoms with Gasteiger partial charge < -0.3 is 19.5 Å². The summed E-state index contributed by atoms with van der Waals surface area (Å²) in [6.07, 6.45) is 2.08. The molecule has 0 saturated carbocycles. The number of amides is 1. The summed E-state index contributed by atoms with van der Waals surface area (Å²) in [4.78, 5) is 27.9. The average Bonchev–Trinajstić information content (AvgIpc) is 3.42. The molecule has 180 valence electrons. The molecular formula is C24H30N6O4. The van der Waals surface area contributed by atoms with Gasteiger partial charge in [0.05, 0.1) is 29.7 Å². The molecule has 1 N–H and O–H groups in total. The molecule has 10 nitrogen and oxygen atoms in total. The zero-order valence-electron chi connectivity index (χ0n) is 19.6. The number of piperazine rings is 1. The minimum absolute atomic E-state index is 0.0859. The minimum Gasteiger partial charge on any atom is -0.376 e. The molecule has 2 aliphatic rings. The fourth-order valence-corrected chi connectivity index (χ4v) is 4.76. The molecule has 1 atom stereocenters. The van der Waals surface area contributed by atoms with Crippen molar-refractivity contribution in [1.29, 1.82) is 5.26 Å². The molecule has 1 unspecified atom stereocenters. The zero-order valence-corrected chi connectivity index (χ0v) is 19.6. The number of aromatic nitrogens is 1. The maximum Gasteiger partial charge on any atom is 0.292 e. The summed E-state index contributed by atoms with van der Waals surface area (Å²) in [5, 5.41) is 24.0. The number of hydrogen-bond donors (Lipinski definition) is 1. The quantitative estimate of drug-likeness (QED) is 0.493. The lowest BCUT2D eigenvalue weighted by Crippen LogP contribution is -2.48. The lowest BCUT2D eigenvalue weighted by molar-refractivity contribution is -0.384. The molecule has 1 aromatic heterocycles. The van der Waals surface area contributed by atoms with Crippen LogP contribution in [0.5, 0.6) is 0 Å². The molecular weight excluding hydrogens is 436 g/mol. The summed E-state index contributed by atoms with van der Waals surface area (Å²) in [6.45, 7) is 7.82. The summed E-state index contributed by atoms with van der Waals surface area (Å²) >= 11 is 0. The van der Waals surface area contributed by atoms with Gasteiger partial charge in [0.1, 0.15) is 17.6 Å². The predicted octanol–water partition coefficient (Wildman–Crippen LogP) is 2.82. The van der Waals surface area contributed by atoms with Gasteiger partial charge in [-0.2, -0.15) is 5.26 Å². The SMILES string of the molecule is Cc1c(C#N)c(NC(=O)CN2CCN(c3ccccc3[N+](=O)[O-])CC2)n(CC2CCCO2)c1C. The number of carbonyl (C=O) groups is 1. The Morgan fingerprint density at radius 2 is 2.00 bits per heavy atom. The third kappa shape index (κ3) is 4.90. The number of ether oxygens (including phenoxy) is 1. The molecule has 2 aliphatic heterocycles. The minimum atomic E-state index is -0.363. The van der Waals surface area contributed by atoms with Crippen molar-refractivity contribution in [3.63, 3.8) is 0 Å². The van der Waals surface area contributed by atoms with Crippen LogP contribution in [0.4, 0.5) is 17.2 Å². The smallest absolute Gasteiger partial charge is 0.292 e. The number of nitro groups is 1. The van der Waals surface area contributed by atoms with Crippen LogP contribution in [-0.4, -0.2) is 65.7 Å². The zero-order chi connectivity index (χ0) is 24.2. The molecule has 1 aromatic carbocycles. The number of para-hydroxylation sites is 2. The fourth-order valence-electron chi connectivity index (χ4n) is 4.76. The normalized spacial score (nSPS) is 18.6. The van der Waals surface area contributed by atoms with Gasteiger partial charge in [-0.1, -0.05) is 12.1 Å². The van der Waals surface area contributed by atoms with Gasteiger partial charge in [0.15, 0.2) is 0 Å². The van der Waals surface area contributed by atoms with Crippen molar-refractivity contribution in [1.82, 2.24) is 9.47 Å². The first-order valence-corrected chi connectivity index (χ1v) is 11.6. The topological polar surface area (TPSA) is 117 Å². The summed E-state index contributed by atoms with van der Waals surface area (Å²) < 4.78 is 7.77. The Kier molecular flexibility index (Phi) is 7.14. The van der Waals surface area contributed by atoms with E-state index in [-0.39, 0.29) is 29.2 Å². The molecule has 2 saturated heterocycles. The lowest BCUT2D eigenvalue weighted by Gasteiger charge is -2.35. The number of nitrogens with zero attached hydrogens (tertiary/aromatic N) is 5. The molecule has 2 fully saturated rings. The monoisotopic (exact) mass is 466 g/mol. The maximum absolute atomic E-state index is 12.9. The molecule has 0 radical (unpaired) electrons. The Balaban J connectivity index is 1.40. The lowest BCUT2D eigenvalue weighted by atomic mass is 10.2. The van der Waals surface area contributed by atoms with Crippen molar-refractivity contribution >= 4 is 23.1 Å². The first-order valence-electron chi connectivity index (χ1n) is 11.6. The number of nitriles is 1. The number of nitro benzene ring substituents is 1. The second-order valence-corrected chi connectivity index (χ2v) is 8.85. The largest absolute Gasteiger partial charge is 0.376 e. The molecule has 0 spiro atoms. The predicted molar refractivity (Wildman–Crippen MR) is 128 cm³/mol. The Hall–Kier alpha value is -3.42. The third-order valence-corrected chi connectivity index (χ3v) is 6.77. The van der Waals surface area contributed by atoms with E-state index in [1.54, 1.807) is 18.2 Å². The van der Waals surface area contributed by atoms with Crippen LogP contribution in [0, 0.1) is 35.3 Å². The summed E-state index contributed by atoms with van der Waals surface area (Å²) in [6, 6.07) is 8.98. The van der Waals surface area contributed by atoms with Crippen molar-refractivity contribution in [2.24, 2.45) is 0 Å². The highest BCUT2D eigenvalue weighted by atomic mass is 16.6. The van der Waals surface area contributed by atoms with E-state index in [1.807, 2.05) is 28.2 Å². The van der Waals surface area contributed by atoms with E-state index >= 15 is 0 Å². The number of hydrogen-bond acceptors (Lipinski definition) is 7. The van der Waals surface area contributed by atoms with Gasteiger partial charge in [-0.05, 0) is 38.3 Å². The Morgan fingerprint density at radius 1 is 1.26 bits per heavy atom. The van der Waals surface area contributed by atoms with Gasteiger partial charge in [0.25, 0.3) is 5.69 Å². The first-order chi connectivity index (χ1) is 16.4. The van der Waals surface area contributed by atoms with Crippen LogP contribution in [0.1, 0.15) is 29.7 Å². The van der Waals surface area contributed by atoms with Gasteiger partial charge in [0, 0.05) is 44.5 Å². The Bertz CT molecular complexity index is 1110. The van der Waals surface area contributed by atoms with Gasteiger partial charge in [-0.25, -0.2) is 0 Å². The van der Waals surface area contributed by atoms with Gasteiger partial charge in [-0.15, -0.1) is 0 Å². The van der Waals surface area contributed by atoms with Crippen LogP contribution in [0.3, 0.4) is 0 Å². The molecule has 1 amide bonds. The number of benzene rings is 1. The van der Waals surface area contributed by atoms with Crippen LogP contribution < -0.4 is 10.2 Å². The van der Waals surface area contributed by atoms with E-state index in [2.05, 4.69) is 11.4 Å². The highest BCUT2D eigenvalue weighted by Gasteiger charge is 2.26. The first kappa shape index (κ1) is 23.7. The van der Waals surface area contributed by atoms with E-state index in [9.17, 15) is 20.2 Å². The number of rotatable bonds is 7. The summed E-state index contributed by atoms with van der Waals surface area (Å²) in [5.74, 6) is 0.360. The Labute approximate surface area is 198 Å². The van der Waals surface area contributed by atoms with Crippen LogP contribution in [-0.2, 0) is 16.1 Å². The molecule has 4 rings (SSSR count). The van der Waals surface area contributed by atoms with Crippen molar-refractivity contribution in [2.75, 3.05) is 49.5 Å². The molecule has 3 heterocycles. The highest BCUT2D eigenvalue weighted by Crippen LogP contribution is 2.30. The molecule has 2 aromatic rings. The average molecular weight is 467 g/mol. The van der Waals surface area contributed by atoms with E-state index in [0.29, 0.717) is 49.8 Å². The van der Waals surface area contributed by atoms with Gasteiger partial charge in [-0.3, -0.25) is 19.8 Å². The maximum atomic E-state index is 12.9. The molecule has 34 heavy (non-hydrogen) atoms. The van der Waals surface area contributed by atoms with E-state index in [4.69, 9.17) is 4.74 Å². The fraction of sp³-hybridized carbons (Fsp3) is 0.500. The van der Waals surface area contributed by atoms with Crippen LogP contribution in [0.25, 0.3) is 0 Å². The number of nitrogens with one attached hydrogen (secondary N) is 1. The second kappa shape index (κ2) is 10.2. The van der Waals surface area contributed by atoms with E-state index < -0.39 is 0 Å². The van der Waals surface area contributed by atoms with Crippen LogP contribution in [0.15, 0.2) is 24.3 Å². The van der Waals surface area contributed by atoms with Crippen molar-refractivity contribution < 1.29 is 14.5 Å². The van der Waals surface area contributed by atoms with E-state index in [0.717, 1.165) is 30.7 Å². The second-order valence-electron chi connectivity index (χ2n) is 8.85. The molecule has 0 aliphatic carbocycles. The number of carbonyl (C=O) groups excluding carboxylic acids is 1. The highest BCUT2D eigenvalue weighted by molar-refractivity contribution is 5.93. The van der Waals surface area contributed by atoms with Crippen LogP contribution in [0.2, 0.25) is 0 Å². The molecule has 10 heteroatoms. The summed E-state index contributed by atoms with van der Waals surface area (Å²) in [7, 11) is 0. The standard InChI is InChI=1S/C24H30N6O4/c1-17-18(2)29(15-19-6-5-13-34-19)24(20(17)14-25)26-23(31)16-27-9-11-28(12-10-27)21-7-3-4-8-22(21)30(32)33/h3-4,7-8,19H,5-6,9-13,15-16H2,1-2H3,(H,26,31). The van der Waals surface area contributed by atoms with E-state index in [1.165, 1.54) is 6.07 Å². The number of anilines is 2. The third-order valence-electron chi connectivity index (χ3n) is 6.77. The van der Waals surface area contributed by atoms with Gasteiger partial charge >= 0.3 is 0 Å². The van der Waals surface area contributed by atoms with Crippen molar-refractivity contribution in [3.05, 3.63) is 51.2 Å². The molecule has 0 bridgehead atoms. The van der Waals surface area contributed by atoms with Gasteiger partial charge in [0.2, 0.25) is 5.91 Å².